The van der Waals surface area contributed by atoms with E-state index in [1.807, 2.05) is 12.1 Å². The van der Waals surface area contributed by atoms with Crippen LogP contribution in [0.5, 0.6) is 11.5 Å². The standard InChI is InChI=1S/C21H22FN3O4/c1-21(2,3)14-4-6-16(7-5-14)25-11-15(23-24-25)12-28-17-8-9-19(18(22)10-17)29-13-20(26)27/h4-11H,12-13H2,1-3H3,(H,26,27). The fraction of sp³-hybridized carbons (Fsp3) is 0.286. The average Bonchev–Trinajstić information content (AvgIpc) is 3.14. The second kappa shape index (κ2) is 8.30. The predicted octanol–water partition coefficient (Wildman–Crippen LogP) is 3.75. The van der Waals surface area contributed by atoms with Crippen molar-refractivity contribution in [3.8, 4) is 17.2 Å². The second-order valence-corrected chi connectivity index (χ2v) is 7.51. The molecule has 0 saturated carbocycles. The molecule has 3 rings (SSSR count). The van der Waals surface area contributed by atoms with Gasteiger partial charge in [0.05, 0.1) is 11.9 Å². The third-order valence-electron chi connectivity index (χ3n) is 4.18. The molecule has 1 aromatic heterocycles. The number of ether oxygens (including phenoxy) is 2. The van der Waals surface area contributed by atoms with Crippen LogP contribution in [-0.2, 0) is 16.8 Å². The third kappa shape index (κ3) is 5.31. The van der Waals surface area contributed by atoms with Gasteiger partial charge in [-0.25, -0.2) is 13.9 Å². The Bertz CT molecular complexity index is 994. The minimum Gasteiger partial charge on any atom is -0.487 e. The summed E-state index contributed by atoms with van der Waals surface area (Å²) in [5.74, 6) is -1.76. The fourth-order valence-corrected chi connectivity index (χ4v) is 2.59. The minimum atomic E-state index is -1.18. The molecule has 0 aliphatic heterocycles. The Hall–Kier alpha value is -3.42. The van der Waals surface area contributed by atoms with Crippen molar-refractivity contribution in [3.05, 3.63) is 65.7 Å². The summed E-state index contributed by atoms with van der Waals surface area (Å²) in [6.07, 6.45) is 1.74. The molecule has 2 aromatic carbocycles. The number of benzene rings is 2. The molecule has 0 bridgehead atoms. The van der Waals surface area contributed by atoms with Crippen molar-refractivity contribution in [2.75, 3.05) is 6.61 Å². The molecule has 0 atom stereocenters. The molecule has 0 unspecified atom stereocenters. The van der Waals surface area contributed by atoms with E-state index in [1.54, 1.807) is 10.9 Å². The summed E-state index contributed by atoms with van der Waals surface area (Å²) in [6.45, 7) is 5.95. The van der Waals surface area contributed by atoms with E-state index in [1.165, 1.54) is 17.7 Å². The first-order chi connectivity index (χ1) is 13.7. The highest BCUT2D eigenvalue weighted by Gasteiger charge is 2.13. The number of hydrogen-bond donors (Lipinski definition) is 1. The van der Waals surface area contributed by atoms with E-state index in [-0.39, 0.29) is 23.5 Å². The molecular weight excluding hydrogens is 377 g/mol. The Labute approximate surface area is 167 Å². The van der Waals surface area contributed by atoms with Crippen molar-refractivity contribution in [2.24, 2.45) is 0 Å². The van der Waals surface area contributed by atoms with Crippen LogP contribution < -0.4 is 9.47 Å². The van der Waals surface area contributed by atoms with Gasteiger partial charge in [-0.2, -0.15) is 0 Å². The highest BCUT2D eigenvalue weighted by Crippen LogP contribution is 2.24. The number of carbonyl (C=O) groups is 1. The molecular formula is C21H22FN3O4. The van der Waals surface area contributed by atoms with Gasteiger partial charge in [-0.15, -0.1) is 5.10 Å². The topological polar surface area (TPSA) is 86.5 Å². The first-order valence-corrected chi connectivity index (χ1v) is 9.01. The molecule has 0 fully saturated rings. The first-order valence-electron chi connectivity index (χ1n) is 9.01. The molecule has 1 heterocycles. The van der Waals surface area contributed by atoms with Crippen LogP contribution in [0.3, 0.4) is 0 Å². The van der Waals surface area contributed by atoms with Gasteiger partial charge >= 0.3 is 5.97 Å². The minimum absolute atomic E-state index is 0.0728. The highest BCUT2D eigenvalue weighted by molar-refractivity contribution is 5.68. The van der Waals surface area contributed by atoms with E-state index in [0.29, 0.717) is 5.69 Å². The summed E-state index contributed by atoms with van der Waals surface area (Å²) >= 11 is 0. The molecule has 7 nitrogen and oxygen atoms in total. The number of hydrogen-bond acceptors (Lipinski definition) is 5. The van der Waals surface area contributed by atoms with Crippen LogP contribution in [0.1, 0.15) is 32.0 Å². The Morgan fingerprint density at radius 2 is 1.86 bits per heavy atom. The molecule has 1 N–H and O–H groups in total. The van der Waals surface area contributed by atoms with Gasteiger partial charge in [0.1, 0.15) is 18.1 Å². The quantitative estimate of drug-likeness (QED) is 0.651. The maximum atomic E-state index is 13.9. The van der Waals surface area contributed by atoms with Crippen LogP contribution in [0.2, 0.25) is 0 Å². The maximum absolute atomic E-state index is 13.9. The zero-order chi connectivity index (χ0) is 21.0. The van der Waals surface area contributed by atoms with Gasteiger partial charge in [0.15, 0.2) is 18.2 Å². The molecule has 8 heteroatoms. The molecule has 0 aliphatic rings. The number of rotatable bonds is 7. The van der Waals surface area contributed by atoms with Crippen molar-refractivity contribution >= 4 is 5.97 Å². The third-order valence-corrected chi connectivity index (χ3v) is 4.18. The lowest BCUT2D eigenvalue weighted by atomic mass is 9.87. The lowest BCUT2D eigenvalue weighted by Gasteiger charge is -2.18. The van der Waals surface area contributed by atoms with Gasteiger partial charge in [0, 0.05) is 6.07 Å². The van der Waals surface area contributed by atoms with Crippen LogP contribution >= 0.6 is 0 Å². The van der Waals surface area contributed by atoms with Gasteiger partial charge in [-0.1, -0.05) is 38.1 Å². The lowest BCUT2D eigenvalue weighted by molar-refractivity contribution is -0.139. The number of nitrogens with zero attached hydrogens (tertiary/aromatic N) is 3. The Kier molecular flexibility index (Phi) is 5.81. The van der Waals surface area contributed by atoms with Crippen LogP contribution in [0.4, 0.5) is 4.39 Å². The number of aliphatic carboxylic acids is 1. The van der Waals surface area contributed by atoms with Gasteiger partial charge in [0.25, 0.3) is 0 Å². The monoisotopic (exact) mass is 399 g/mol. The summed E-state index contributed by atoms with van der Waals surface area (Å²) in [5.41, 5.74) is 2.76. The zero-order valence-electron chi connectivity index (χ0n) is 16.4. The first kappa shape index (κ1) is 20.3. The summed E-state index contributed by atoms with van der Waals surface area (Å²) < 4.78 is 26.0. The summed E-state index contributed by atoms with van der Waals surface area (Å²) in [6, 6.07) is 12.0. The van der Waals surface area contributed by atoms with Crippen molar-refractivity contribution in [1.82, 2.24) is 15.0 Å². The molecule has 29 heavy (non-hydrogen) atoms. The summed E-state index contributed by atoms with van der Waals surface area (Å²) in [4.78, 5) is 10.5. The number of carboxylic acid groups (broad SMARTS) is 1. The van der Waals surface area contributed by atoms with Gasteiger partial charge < -0.3 is 14.6 Å². The normalized spacial score (nSPS) is 11.3. The average molecular weight is 399 g/mol. The smallest absolute Gasteiger partial charge is 0.341 e. The number of aromatic nitrogens is 3. The van der Waals surface area contributed by atoms with Crippen molar-refractivity contribution < 1.29 is 23.8 Å². The van der Waals surface area contributed by atoms with Crippen LogP contribution in [0.25, 0.3) is 5.69 Å². The van der Waals surface area contributed by atoms with Crippen molar-refractivity contribution in [2.45, 2.75) is 32.8 Å². The van der Waals surface area contributed by atoms with E-state index in [0.717, 1.165) is 11.8 Å². The lowest BCUT2D eigenvalue weighted by Crippen LogP contribution is -2.10. The van der Waals surface area contributed by atoms with Crippen molar-refractivity contribution in [1.29, 1.82) is 0 Å². The summed E-state index contributed by atoms with van der Waals surface area (Å²) in [5, 5.41) is 16.7. The summed E-state index contributed by atoms with van der Waals surface area (Å²) in [7, 11) is 0. The van der Waals surface area contributed by atoms with Crippen LogP contribution in [0.15, 0.2) is 48.7 Å². The van der Waals surface area contributed by atoms with Gasteiger partial charge in [-0.05, 0) is 35.2 Å². The predicted molar refractivity (Wildman–Crippen MR) is 104 cm³/mol. The van der Waals surface area contributed by atoms with E-state index in [9.17, 15) is 9.18 Å². The molecule has 0 radical (unpaired) electrons. The van der Waals surface area contributed by atoms with E-state index in [2.05, 4.69) is 43.2 Å². The highest BCUT2D eigenvalue weighted by atomic mass is 19.1. The Morgan fingerprint density at radius 1 is 1.14 bits per heavy atom. The van der Waals surface area contributed by atoms with Crippen LogP contribution in [-0.4, -0.2) is 32.7 Å². The van der Waals surface area contributed by atoms with Crippen LogP contribution in [0, 0.1) is 5.82 Å². The van der Waals surface area contributed by atoms with Crippen molar-refractivity contribution in [3.63, 3.8) is 0 Å². The molecule has 3 aromatic rings. The van der Waals surface area contributed by atoms with E-state index < -0.39 is 18.4 Å². The zero-order valence-corrected chi connectivity index (χ0v) is 16.4. The maximum Gasteiger partial charge on any atom is 0.341 e. The Morgan fingerprint density at radius 3 is 2.48 bits per heavy atom. The molecule has 0 saturated heterocycles. The Balaban J connectivity index is 1.62. The molecule has 0 amide bonds. The van der Waals surface area contributed by atoms with E-state index in [4.69, 9.17) is 14.6 Å². The second-order valence-electron chi connectivity index (χ2n) is 7.51. The fourth-order valence-electron chi connectivity index (χ4n) is 2.59. The van der Waals surface area contributed by atoms with Gasteiger partial charge in [0.2, 0.25) is 0 Å². The number of halogens is 1. The molecule has 0 aliphatic carbocycles. The number of carboxylic acids is 1. The molecule has 0 spiro atoms. The largest absolute Gasteiger partial charge is 0.487 e. The van der Waals surface area contributed by atoms with Gasteiger partial charge in [-0.3, -0.25) is 0 Å². The van der Waals surface area contributed by atoms with E-state index >= 15 is 0 Å². The molecule has 152 valence electrons. The SMILES string of the molecule is CC(C)(C)c1ccc(-n2cc(COc3ccc(OCC(=O)O)c(F)c3)nn2)cc1.